The summed E-state index contributed by atoms with van der Waals surface area (Å²) >= 11 is 0. The molecule has 0 atom stereocenters. The summed E-state index contributed by atoms with van der Waals surface area (Å²) in [5, 5.41) is 15.7. The minimum Gasteiger partial charge on any atom is -0.477 e. The van der Waals surface area contributed by atoms with Crippen LogP contribution in [0.1, 0.15) is 49.4 Å². The topological polar surface area (TPSA) is 122 Å². The van der Waals surface area contributed by atoms with Crippen molar-refractivity contribution in [2.45, 2.75) is 33.3 Å². The number of hydrogen-bond donors (Lipinski definition) is 3. The van der Waals surface area contributed by atoms with Gasteiger partial charge in [-0.15, -0.1) is 0 Å². The van der Waals surface area contributed by atoms with Gasteiger partial charge in [-0.2, -0.15) is 0 Å². The highest BCUT2D eigenvalue weighted by atomic mass is 16.5. The van der Waals surface area contributed by atoms with E-state index < -0.39 is 11.5 Å². The van der Waals surface area contributed by atoms with Crippen molar-refractivity contribution < 1.29 is 14.3 Å². The van der Waals surface area contributed by atoms with Gasteiger partial charge in [0.2, 0.25) is 11.8 Å². The van der Waals surface area contributed by atoms with Gasteiger partial charge in [0.05, 0.1) is 6.61 Å². The van der Waals surface area contributed by atoms with Crippen LogP contribution in [-0.4, -0.2) is 34.9 Å². The Labute approximate surface area is 123 Å². The van der Waals surface area contributed by atoms with Gasteiger partial charge < -0.3 is 15.2 Å². The zero-order chi connectivity index (χ0) is 16.2. The van der Waals surface area contributed by atoms with Gasteiger partial charge in [-0.1, -0.05) is 0 Å². The Hall–Kier alpha value is -2.44. The van der Waals surface area contributed by atoms with Crippen molar-refractivity contribution >= 4 is 17.7 Å². The minimum atomic E-state index is -0.744. The molecule has 1 aromatic heterocycles. The summed E-state index contributed by atoms with van der Waals surface area (Å²) in [6.07, 6.45) is 0. The predicted molar refractivity (Wildman–Crippen MR) is 78.9 cm³/mol. The van der Waals surface area contributed by atoms with Crippen molar-refractivity contribution in [3.05, 3.63) is 29.1 Å². The van der Waals surface area contributed by atoms with E-state index in [1.807, 2.05) is 0 Å². The lowest BCUT2D eigenvalue weighted by Gasteiger charge is -2.21. The summed E-state index contributed by atoms with van der Waals surface area (Å²) in [6, 6.07) is 2.82. The molecule has 0 aliphatic carbocycles. The van der Waals surface area contributed by atoms with Gasteiger partial charge in [0.15, 0.2) is 0 Å². The number of carbonyl (C=O) groups is 1. The Kier molecular flexibility index (Phi) is 5.02. The van der Waals surface area contributed by atoms with Crippen molar-refractivity contribution in [3.8, 4) is 0 Å². The molecule has 0 bridgehead atoms. The number of pyridine rings is 1. The lowest BCUT2D eigenvalue weighted by molar-refractivity contribution is 0.0995. The lowest BCUT2D eigenvalue weighted by Crippen LogP contribution is -2.25. The summed E-state index contributed by atoms with van der Waals surface area (Å²) < 4.78 is 10.5. The van der Waals surface area contributed by atoms with Crippen LogP contribution in [0.4, 0.5) is 0 Å². The van der Waals surface area contributed by atoms with E-state index >= 15 is 0 Å². The first kappa shape index (κ1) is 16.6. The first-order chi connectivity index (χ1) is 9.64. The van der Waals surface area contributed by atoms with Gasteiger partial charge in [0, 0.05) is 5.56 Å². The fourth-order valence-electron chi connectivity index (χ4n) is 1.49. The molecule has 1 amide bonds. The van der Waals surface area contributed by atoms with Crippen LogP contribution in [0.25, 0.3) is 0 Å². The SMILES string of the molecule is CCOC(=N)c1cc(C(=N)OC(C)(C)C)cc(C(N)=O)n1. The first-order valence-electron chi connectivity index (χ1n) is 6.45. The van der Waals surface area contributed by atoms with Crippen molar-refractivity contribution in [1.29, 1.82) is 10.8 Å². The third kappa shape index (κ3) is 4.87. The largest absolute Gasteiger partial charge is 0.477 e. The number of primary amides is 1. The number of rotatable bonds is 4. The number of ether oxygens (including phenoxy) is 2. The molecular weight excluding hydrogens is 272 g/mol. The Morgan fingerprint density at radius 2 is 1.81 bits per heavy atom. The van der Waals surface area contributed by atoms with E-state index in [0.717, 1.165) is 0 Å². The highest BCUT2D eigenvalue weighted by molar-refractivity contribution is 6.00. The number of carbonyl (C=O) groups excluding carboxylic acids is 1. The maximum absolute atomic E-state index is 11.3. The third-order valence-electron chi connectivity index (χ3n) is 2.27. The third-order valence-corrected chi connectivity index (χ3v) is 2.27. The van der Waals surface area contributed by atoms with Crippen molar-refractivity contribution in [2.24, 2.45) is 5.73 Å². The normalized spacial score (nSPS) is 10.9. The number of hydrogen-bond acceptors (Lipinski definition) is 6. The molecular formula is C14H20N4O3. The molecule has 7 heteroatoms. The van der Waals surface area contributed by atoms with E-state index in [4.69, 9.17) is 26.0 Å². The summed E-state index contributed by atoms with van der Waals surface area (Å²) in [4.78, 5) is 15.3. The zero-order valence-electron chi connectivity index (χ0n) is 12.6. The van der Waals surface area contributed by atoms with Gasteiger partial charge in [-0.3, -0.25) is 15.6 Å². The fraction of sp³-hybridized carbons (Fsp3) is 0.429. The molecule has 1 rings (SSSR count). The van der Waals surface area contributed by atoms with Crippen LogP contribution in [0.15, 0.2) is 12.1 Å². The quantitative estimate of drug-likeness (QED) is 0.577. The Bertz CT molecular complexity index is 576. The monoisotopic (exact) mass is 292 g/mol. The second-order valence-corrected chi connectivity index (χ2v) is 5.30. The highest BCUT2D eigenvalue weighted by Crippen LogP contribution is 2.14. The van der Waals surface area contributed by atoms with Gasteiger partial charge in [-0.25, -0.2) is 4.98 Å². The summed E-state index contributed by atoms with van der Waals surface area (Å²) in [7, 11) is 0. The van der Waals surface area contributed by atoms with Crippen molar-refractivity contribution in [3.63, 3.8) is 0 Å². The van der Waals surface area contributed by atoms with Crippen LogP contribution in [0.2, 0.25) is 0 Å². The molecule has 21 heavy (non-hydrogen) atoms. The molecule has 1 aromatic rings. The van der Waals surface area contributed by atoms with Gasteiger partial charge in [-0.05, 0) is 39.8 Å². The zero-order valence-corrected chi connectivity index (χ0v) is 12.6. The van der Waals surface area contributed by atoms with E-state index in [9.17, 15) is 4.79 Å². The second-order valence-electron chi connectivity index (χ2n) is 5.30. The molecule has 0 unspecified atom stereocenters. The average molecular weight is 292 g/mol. The maximum Gasteiger partial charge on any atom is 0.267 e. The smallest absolute Gasteiger partial charge is 0.267 e. The standard InChI is InChI=1S/C14H20N4O3/c1-5-20-13(17)10-7-8(6-9(18-10)11(15)19)12(16)21-14(2,3)4/h6-7,16-17H,5H2,1-4H3,(H2,15,19). The number of nitrogens with zero attached hydrogens (tertiary/aromatic N) is 1. The van der Waals surface area contributed by atoms with Crippen LogP contribution < -0.4 is 5.73 Å². The van der Waals surface area contributed by atoms with E-state index in [1.165, 1.54) is 12.1 Å². The fourth-order valence-corrected chi connectivity index (χ4v) is 1.49. The predicted octanol–water partition coefficient (Wildman–Crippen LogP) is 1.68. The molecule has 0 fully saturated rings. The molecule has 0 spiro atoms. The second kappa shape index (κ2) is 6.34. The highest BCUT2D eigenvalue weighted by Gasteiger charge is 2.19. The Morgan fingerprint density at radius 1 is 1.24 bits per heavy atom. The summed E-state index contributed by atoms with van der Waals surface area (Å²) in [6.45, 7) is 7.45. The van der Waals surface area contributed by atoms with Crippen LogP contribution in [0.3, 0.4) is 0 Å². The van der Waals surface area contributed by atoms with Crippen molar-refractivity contribution in [1.82, 2.24) is 4.98 Å². The van der Waals surface area contributed by atoms with E-state index in [2.05, 4.69) is 4.98 Å². The van der Waals surface area contributed by atoms with Crippen molar-refractivity contribution in [2.75, 3.05) is 6.61 Å². The number of amides is 1. The minimum absolute atomic E-state index is 0.0470. The van der Waals surface area contributed by atoms with E-state index in [-0.39, 0.29) is 23.2 Å². The summed E-state index contributed by atoms with van der Waals surface area (Å²) in [5.41, 5.74) is 5.07. The first-order valence-corrected chi connectivity index (χ1v) is 6.45. The molecule has 114 valence electrons. The maximum atomic E-state index is 11.3. The van der Waals surface area contributed by atoms with Crippen LogP contribution in [0, 0.1) is 10.8 Å². The van der Waals surface area contributed by atoms with Gasteiger partial charge >= 0.3 is 0 Å². The number of aromatic nitrogens is 1. The number of nitrogens with one attached hydrogen (secondary N) is 2. The Morgan fingerprint density at radius 3 is 2.29 bits per heavy atom. The molecule has 0 radical (unpaired) electrons. The Balaban J connectivity index is 3.22. The molecule has 7 nitrogen and oxygen atoms in total. The average Bonchev–Trinajstić information content (AvgIpc) is 2.36. The van der Waals surface area contributed by atoms with Crippen LogP contribution >= 0.6 is 0 Å². The molecule has 0 aliphatic rings. The molecule has 1 heterocycles. The van der Waals surface area contributed by atoms with Crippen LogP contribution in [-0.2, 0) is 9.47 Å². The van der Waals surface area contributed by atoms with E-state index in [0.29, 0.717) is 12.2 Å². The molecule has 0 saturated carbocycles. The van der Waals surface area contributed by atoms with Gasteiger partial charge in [0.1, 0.15) is 17.0 Å². The summed E-state index contributed by atoms with van der Waals surface area (Å²) in [5.74, 6) is -1.06. The molecule has 0 saturated heterocycles. The molecule has 0 aliphatic heterocycles. The van der Waals surface area contributed by atoms with Crippen LogP contribution in [0.5, 0.6) is 0 Å². The molecule has 0 aromatic carbocycles. The lowest BCUT2D eigenvalue weighted by atomic mass is 10.1. The van der Waals surface area contributed by atoms with Gasteiger partial charge in [0.25, 0.3) is 5.91 Å². The number of nitrogens with two attached hydrogens (primary N) is 1. The van der Waals surface area contributed by atoms with E-state index in [1.54, 1.807) is 27.7 Å². The molecule has 4 N–H and O–H groups in total.